The summed E-state index contributed by atoms with van der Waals surface area (Å²) in [6.45, 7) is 9.69. The molecule has 0 amide bonds. The highest BCUT2D eigenvalue weighted by Gasteiger charge is 2.43. The van der Waals surface area contributed by atoms with Crippen LogP contribution in [0.25, 0.3) is 11.2 Å². The number of hydrogen-bond donors (Lipinski definition) is 1. The van der Waals surface area contributed by atoms with Gasteiger partial charge in [-0.2, -0.15) is 23.1 Å². The molecule has 0 aliphatic carbocycles. The average molecular weight is 472 g/mol. The number of imidazole rings is 1. The average Bonchev–Trinajstić information content (AvgIpc) is 3.06. The SMILES string of the molecule is CC#CCn1c(N2CCNCC2)nc2nc(SC(C)(C)C)n(OC(=O)C(F)(F)F)c(=O)c21. The van der Waals surface area contributed by atoms with Crippen molar-refractivity contribution in [2.45, 2.75) is 50.3 Å². The van der Waals surface area contributed by atoms with Crippen molar-refractivity contribution in [3.05, 3.63) is 10.4 Å². The number of carbonyl (C=O) groups excluding carboxylic acids is 1. The second-order valence-electron chi connectivity index (χ2n) is 7.92. The minimum Gasteiger partial charge on any atom is -0.340 e. The summed E-state index contributed by atoms with van der Waals surface area (Å²) in [5.41, 5.74) is -1.01. The van der Waals surface area contributed by atoms with Crippen molar-refractivity contribution >= 4 is 34.8 Å². The maximum Gasteiger partial charge on any atom is 0.493 e. The third-order valence-corrected chi connectivity index (χ3v) is 5.36. The first-order valence-corrected chi connectivity index (χ1v) is 10.6. The van der Waals surface area contributed by atoms with Crippen LogP contribution in [0.2, 0.25) is 0 Å². The van der Waals surface area contributed by atoms with Crippen LogP contribution < -0.4 is 20.6 Å². The van der Waals surface area contributed by atoms with Gasteiger partial charge in [0.25, 0.3) is 0 Å². The zero-order chi connectivity index (χ0) is 23.7. The van der Waals surface area contributed by atoms with Crippen LogP contribution in [-0.4, -0.2) is 62.3 Å². The first-order valence-electron chi connectivity index (χ1n) is 9.79. The second-order valence-corrected chi connectivity index (χ2v) is 9.71. The number of carbonyl (C=O) groups is 1. The van der Waals surface area contributed by atoms with Crippen LogP contribution in [0.15, 0.2) is 9.95 Å². The first kappa shape index (κ1) is 23.9. The molecule has 0 bridgehead atoms. The summed E-state index contributed by atoms with van der Waals surface area (Å²) in [7, 11) is 0. The Morgan fingerprint density at radius 1 is 1.22 bits per heavy atom. The van der Waals surface area contributed by atoms with E-state index in [-0.39, 0.29) is 22.9 Å². The van der Waals surface area contributed by atoms with E-state index in [1.807, 2.05) is 4.90 Å². The molecular weight excluding hydrogens is 449 g/mol. The molecule has 1 fully saturated rings. The predicted octanol–water partition coefficient (Wildman–Crippen LogP) is 1.43. The van der Waals surface area contributed by atoms with Gasteiger partial charge in [0.05, 0.1) is 6.54 Å². The minimum absolute atomic E-state index is 0.0486. The molecular formula is C19H23F3N6O3S. The summed E-state index contributed by atoms with van der Waals surface area (Å²) in [5.74, 6) is 3.50. The fourth-order valence-corrected chi connectivity index (χ4v) is 3.89. The highest BCUT2D eigenvalue weighted by atomic mass is 32.2. The van der Waals surface area contributed by atoms with E-state index in [0.717, 1.165) is 11.8 Å². The second kappa shape index (κ2) is 9.03. The van der Waals surface area contributed by atoms with E-state index in [1.165, 1.54) is 4.57 Å². The van der Waals surface area contributed by atoms with Gasteiger partial charge in [-0.25, -0.2) is 4.79 Å². The topological polar surface area (TPSA) is 94.3 Å². The zero-order valence-corrected chi connectivity index (χ0v) is 18.9. The van der Waals surface area contributed by atoms with E-state index in [4.69, 9.17) is 0 Å². The van der Waals surface area contributed by atoms with Gasteiger partial charge < -0.3 is 15.1 Å². The molecule has 0 atom stereocenters. The van der Waals surface area contributed by atoms with Crippen LogP contribution in [0.3, 0.4) is 0 Å². The largest absolute Gasteiger partial charge is 0.493 e. The summed E-state index contributed by atoms with van der Waals surface area (Å²) in [6, 6.07) is 0. The van der Waals surface area contributed by atoms with Gasteiger partial charge in [0.2, 0.25) is 11.1 Å². The number of nitrogens with one attached hydrogen (secondary N) is 1. The van der Waals surface area contributed by atoms with E-state index in [0.29, 0.717) is 36.9 Å². The Morgan fingerprint density at radius 2 is 1.88 bits per heavy atom. The molecule has 0 saturated carbocycles. The van der Waals surface area contributed by atoms with Crippen molar-refractivity contribution in [2.24, 2.45) is 0 Å². The summed E-state index contributed by atoms with van der Waals surface area (Å²) in [6.07, 6.45) is -5.28. The highest BCUT2D eigenvalue weighted by molar-refractivity contribution is 8.00. The van der Waals surface area contributed by atoms with Crippen LogP contribution in [0.1, 0.15) is 27.7 Å². The van der Waals surface area contributed by atoms with E-state index >= 15 is 0 Å². The molecule has 13 heteroatoms. The maximum atomic E-state index is 13.3. The Labute approximate surface area is 186 Å². The Kier molecular flexibility index (Phi) is 6.75. The summed E-state index contributed by atoms with van der Waals surface area (Å²) in [5, 5.41) is 3.01. The van der Waals surface area contributed by atoms with E-state index in [9.17, 15) is 22.8 Å². The molecule has 0 radical (unpaired) electrons. The number of piperazine rings is 1. The zero-order valence-electron chi connectivity index (χ0n) is 18.0. The van der Waals surface area contributed by atoms with Gasteiger partial charge in [0.15, 0.2) is 11.2 Å². The van der Waals surface area contributed by atoms with Crippen molar-refractivity contribution in [1.29, 1.82) is 0 Å². The molecule has 3 heterocycles. The summed E-state index contributed by atoms with van der Waals surface area (Å²) >= 11 is 0.984. The van der Waals surface area contributed by atoms with Gasteiger partial charge in [-0.1, -0.05) is 38.5 Å². The number of anilines is 1. The van der Waals surface area contributed by atoms with Crippen molar-refractivity contribution in [1.82, 2.24) is 24.6 Å². The number of fused-ring (bicyclic) bond motifs is 1. The van der Waals surface area contributed by atoms with Crippen LogP contribution in [0.4, 0.5) is 19.1 Å². The van der Waals surface area contributed by atoms with Crippen LogP contribution in [-0.2, 0) is 11.3 Å². The molecule has 32 heavy (non-hydrogen) atoms. The molecule has 9 nitrogen and oxygen atoms in total. The normalized spacial score (nSPS) is 14.9. The molecule has 3 rings (SSSR count). The molecule has 1 saturated heterocycles. The van der Waals surface area contributed by atoms with Gasteiger partial charge >= 0.3 is 17.7 Å². The number of halogens is 3. The number of hydrogen-bond acceptors (Lipinski definition) is 8. The molecule has 174 valence electrons. The Balaban J connectivity index is 2.25. The Hall–Kier alpha value is -2.72. The number of alkyl halides is 3. The summed E-state index contributed by atoms with van der Waals surface area (Å²) < 4.78 is 39.9. The molecule has 2 aromatic rings. The fourth-order valence-electron chi connectivity index (χ4n) is 3.00. The molecule has 0 aromatic carbocycles. The lowest BCUT2D eigenvalue weighted by Crippen LogP contribution is -2.44. The molecule has 0 spiro atoms. The van der Waals surface area contributed by atoms with Gasteiger partial charge in [-0.15, -0.1) is 10.7 Å². The molecule has 1 aliphatic heterocycles. The monoisotopic (exact) mass is 472 g/mol. The number of thioether (sulfide) groups is 1. The lowest BCUT2D eigenvalue weighted by atomic mass is 10.3. The van der Waals surface area contributed by atoms with Gasteiger partial charge in [0.1, 0.15) is 0 Å². The van der Waals surface area contributed by atoms with Crippen molar-refractivity contribution in [2.75, 3.05) is 31.1 Å². The molecule has 1 N–H and O–H groups in total. The van der Waals surface area contributed by atoms with Crippen LogP contribution in [0.5, 0.6) is 0 Å². The standard InChI is InChI=1S/C19H23F3N6O3S/c1-5-6-9-27-12-13(24-16(27)26-10-7-23-8-11-26)25-17(32-18(2,3)4)28(14(12)29)31-15(30)19(20,21)22/h23H,7-11H2,1-4H3. The minimum atomic E-state index is -5.28. The van der Waals surface area contributed by atoms with Crippen molar-refractivity contribution in [3.8, 4) is 11.8 Å². The molecule has 0 unspecified atom stereocenters. The number of nitrogens with zero attached hydrogens (tertiary/aromatic N) is 5. The van der Waals surface area contributed by atoms with Gasteiger partial charge in [0, 0.05) is 30.9 Å². The lowest BCUT2D eigenvalue weighted by Gasteiger charge is -2.28. The fraction of sp³-hybridized carbons (Fsp3) is 0.579. The molecule has 1 aliphatic rings. The van der Waals surface area contributed by atoms with Gasteiger partial charge in [-0.3, -0.25) is 9.36 Å². The van der Waals surface area contributed by atoms with Crippen LogP contribution >= 0.6 is 11.8 Å². The first-order chi connectivity index (χ1) is 14.9. The lowest BCUT2D eigenvalue weighted by molar-refractivity contribution is -0.201. The van der Waals surface area contributed by atoms with E-state index < -0.39 is 22.5 Å². The number of aromatic nitrogens is 4. The third kappa shape index (κ3) is 5.18. The van der Waals surface area contributed by atoms with Crippen molar-refractivity contribution < 1.29 is 22.8 Å². The number of rotatable bonds is 4. The van der Waals surface area contributed by atoms with Crippen molar-refractivity contribution in [3.63, 3.8) is 0 Å². The summed E-state index contributed by atoms with van der Waals surface area (Å²) in [4.78, 5) is 40.1. The Morgan fingerprint density at radius 3 is 2.44 bits per heavy atom. The predicted molar refractivity (Wildman–Crippen MR) is 114 cm³/mol. The van der Waals surface area contributed by atoms with E-state index in [1.54, 1.807) is 27.7 Å². The smallest absolute Gasteiger partial charge is 0.340 e. The quantitative estimate of drug-likeness (QED) is 0.406. The maximum absolute atomic E-state index is 13.3. The molecule has 2 aromatic heterocycles. The van der Waals surface area contributed by atoms with Gasteiger partial charge in [-0.05, 0) is 6.92 Å². The van der Waals surface area contributed by atoms with E-state index in [2.05, 4.69) is 32.0 Å². The third-order valence-electron chi connectivity index (χ3n) is 4.31. The van der Waals surface area contributed by atoms with Crippen LogP contribution in [0, 0.1) is 11.8 Å². The highest BCUT2D eigenvalue weighted by Crippen LogP contribution is 2.31. The Bertz CT molecular complexity index is 1130.